The number of hydrazone groups is 1. The van der Waals surface area contributed by atoms with Gasteiger partial charge in [0.05, 0.1) is 16.0 Å². The number of aryl methyl sites for hydroxylation is 1. The minimum Gasteiger partial charge on any atom is -0.502 e. The van der Waals surface area contributed by atoms with Crippen molar-refractivity contribution in [2.24, 2.45) is 5.10 Å². The van der Waals surface area contributed by atoms with E-state index < -0.39 is 26.4 Å². The third-order valence-electron chi connectivity index (χ3n) is 2.99. The fourth-order valence-electron chi connectivity index (χ4n) is 1.78. The Morgan fingerprint density at radius 2 is 1.92 bits per heavy atom. The van der Waals surface area contributed by atoms with Crippen LogP contribution in [0.5, 0.6) is 5.75 Å². The van der Waals surface area contributed by atoms with Gasteiger partial charge in [-0.3, -0.25) is 10.1 Å². The number of benzene rings is 2. The number of phenols is 1. The molecule has 0 aromatic heterocycles. The van der Waals surface area contributed by atoms with Gasteiger partial charge in [-0.15, -0.1) is 0 Å². The molecule has 0 unspecified atom stereocenters. The first-order valence-electron chi connectivity index (χ1n) is 6.49. The molecule has 0 heterocycles. The minimum absolute atomic E-state index is 0.00217. The molecule has 0 aliphatic rings. The van der Waals surface area contributed by atoms with Gasteiger partial charge in [-0.25, -0.2) is 4.83 Å². The van der Waals surface area contributed by atoms with Crippen molar-refractivity contribution >= 4 is 33.5 Å². The molecular weight excluding hydrogens is 358 g/mol. The molecule has 0 aliphatic carbocycles. The molecule has 2 N–H and O–H groups in total. The van der Waals surface area contributed by atoms with E-state index in [1.54, 1.807) is 12.1 Å². The van der Waals surface area contributed by atoms with Crippen molar-refractivity contribution < 1.29 is 18.4 Å². The van der Waals surface area contributed by atoms with E-state index in [0.29, 0.717) is 0 Å². The summed E-state index contributed by atoms with van der Waals surface area (Å²) in [7, 11) is -3.89. The second-order valence-electron chi connectivity index (χ2n) is 4.79. The molecule has 8 nitrogen and oxygen atoms in total. The quantitative estimate of drug-likeness (QED) is 0.476. The Kier molecular flexibility index (Phi) is 5.05. The standard InChI is InChI=1S/C14H12ClN3O5S/c1-9-2-4-12(5-3-9)24(22,23)17-16-8-10-6-11(15)7-13(14(10)19)18(20)21/h2-8,17,19H,1H3/b16-8-. The number of nitro benzene ring substituents is 1. The van der Waals surface area contributed by atoms with Crippen LogP contribution in [0.1, 0.15) is 11.1 Å². The largest absolute Gasteiger partial charge is 0.502 e. The summed E-state index contributed by atoms with van der Waals surface area (Å²) in [5, 5.41) is 24.1. The molecule has 0 spiro atoms. The first kappa shape index (κ1) is 17.7. The summed E-state index contributed by atoms with van der Waals surface area (Å²) in [6, 6.07) is 8.27. The van der Waals surface area contributed by atoms with E-state index in [4.69, 9.17) is 11.6 Å². The number of aromatic hydroxyl groups is 1. The van der Waals surface area contributed by atoms with Crippen molar-refractivity contribution in [2.75, 3.05) is 0 Å². The van der Waals surface area contributed by atoms with Gasteiger partial charge in [-0.05, 0) is 25.1 Å². The maximum absolute atomic E-state index is 12.0. The molecule has 0 aliphatic heterocycles. The van der Waals surface area contributed by atoms with Crippen LogP contribution in [0.25, 0.3) is 0 Å². The fourth-order valence-corrected chi connectivity index (χ4v) is 2.79. The van der Waals surface area contributed by atoms with Gasteiger partial charge in [0.2, 0.25) is 5.75 Å². The molecule has 0 bridgehead atoms. The lowest BCUT2D eigenvalue weighted by Crippen LogP contribution is -2.18. The Morgan fingerprint density at radius 1 is 1.29 bits per heavy atom. The van der Waals surface area contributed by atoms with Crippen LogP contribution in [0.4, 0.5) is 5.69 Å². The highest BCUT2D eigenvalue weighted by Gasteiger charge is 2.18. The van der Waals surface area contributed by atoms with Crippen LogP contribution in [-0.4, -0.2) is 24.7 Å². The third kappa shape index (κ3) is 4.00. The van der Waals surface area contributed by atoms with Gasteiger partial charge < -0.3 is 5.11 Å². The number of nitrogens with one attached hydrogen (secondary N) is 1. The predicted octanol–water partition coefficient (Wildman–Crippen LogP) is 2.57. The van der Waals surface area contributed by atoms with E-state index in [9.17, 15) is 23.6 Å². The first-order chi connectivity index (χ1) is 11.2. The number of sulfonamides is 1. The third-order valence-corrected chi connectivity index (χ3v) is 4.45. The molecule has 24 heavy (non-hydrogen) atoms. The number of nitrogens with zero attached hydrogens (tertiary/aromatic N) is 2. The number of phenolic OH excluding ortho intramolecular Hbond substituents is 1. The molecule has 0 radical (unpaired) electrons. The second kappa shape index (κ2) is 6.85. The Morgan fingerprint density at radius 3 is 2.50 bits per heavy atom. The van der Waals surface area contributed by atoms with E-state index in [1.807, 2.05) is 11.8 Å². The smallest absolute Gasteiger partial charge is 0.312 e. The van der Waals surface area contributed by atoms with Gasteiger partial charge >= 0.3 is 5.69 Å². The van der Waals surface area contributed by atoms with Crippen molar-refractivity contribution in [3.05, 3.63) is 62.7 Å². The van der Waals surface area contributed by atoms with Crippen LogP contribution in [0.2, 0.25) is 5.02 Å². The Labute approximate surface area is 142 Å². The number of nitro groups is 1. The second-order valence-corrected chi connectivity index (χ2v) is 6.88. The molecule has 10 heteroatoms. The molecule has 2 aromatic carbocycles. The van der Waals surface area contributed by atoms with Gasteiger partial charge in [-0.1, -0.05) is 29.3 Å². The zero-order valence-electron chi connectivity index (χ0n) is 12.3. The molecule has 0 saturated heterocycles. The lowest BCUT2D eigenvalue weighted by molar-refractivity contribution is -0.385. The summed E-state index contributed by atoms with van der Waals surface area (Å²) in [5.41, 5.74) is 0.194. The number of halogens is 1. The predicted molar refractivity (Wildman–Crippen MR) is 88.9 cm³/mol. The highest BCUT2D eigenvalue weighted by atomic mass is 35.5. The topological polar surface area (TPSA) is 122 Å². The maximum Gasteiger partial charge on any atom is 0.312 e. The summed E-state index contributed by atoms with van der Waals surface area (Å²) >= 11 is 5.73. The average Bonchev–Trinajstić information content (AvgIpc) is 2.50. The number of hydrogen-bond donors (Lipinski definition) is 2. The van der Waals surface area contributed by atoms with Crippen LogP contribution in [0, 0.1) is 17.0 Å². The highest BCUT2D eigenvalue weighted by Crippen LogP contribution is 2.32. The fraction of sp³-hybridized carbons (Fsp3) is 0.0714. The van der Waals surface area contributed by atoms with E-state index >= 15 is 0 Å². The van der Waals surface area contributed by atoms with Gasteiger partial charge in [-0.2, -0.15) is 13.5 Å². The minimum atomic E-state index is -3.89. The molecule has 0 atom stereocenters. The SMILES string of the molecule is Cc1ccc(S(=O)(=O)N/N=C\c2cc(Cl)cc([N+](=O)[O-])c2O)cc1. The molecule has 2 aromatic rings. The van der Waals surface area contributed by atoms with Crippen molar-refractivity contribution in [1.29, 1.82) is 0 Å². The molecule has 0 saturated carbocycles. The summed E-state index contributed by atoms with van der Waals surface area (Å²) in [6.45, 7) is 1.82. The lowest BCUT2D eigenvalue weighted by atomic mass is 10.2. The van der Waals surface area contributed by atoms with Crippen LogP contribution in [0.15, 0.2) is 46.4 Å². The first-order valence-corrected chi connectivity index (χ1v) is 8.35. The number of rotatable bonds is 5. The Hall–Kier alpha value is -2.65. The van der Waals surface area contributed by atoms with Gasteiger partial charge in [0.1, 0.15) is 0 Å². The Balaban J connectivity index is 2.26. The van der Waals surface area contributed by atoms with Crippen LogP contribution in [-0.2, 0) is 10.0 Å². The van der Waals surface area contributed by atoms with Crippen molar-refractivity contribution in [1.82, 2.24) is 4.83 Å². The molecule has 2 rings (SSSR count). The van der Waals surface area contributed by atoms with E-state index in [2.05, 4.69) is 5.10 Å². The maximum atomic E-state index is 12.0. The van der Waals surface area contributed by atoms with Gasteiger partial charge in [0, 0.05) is 16.7 Å². The lowest BCUT2D eigenvalue weighted by Gasteiger charge is -2.04. The average molecular weight is 370 g/mol. The molecule has 0 amide bonds. The zero-order valence-corrected chi connectivity index (χ0v) is 13.9. The summed E-state index contributed by atoms with van der Waals surface area (Å²) in [4.78, 5) is 12.0. The van der Waals surface area contributed by atoms with Crippen LogP contribution in [0.3, 0.4) is 0 Å². The van der Waals surface area contributed by atoms with Crippen LogP contribution >= 0.6 is 11.6 Å². The van der Waals surface area contributed by atoms with E-state index in [1.165, 1.54) is 18.2 Å². The van der Waals surface area contributed by atoms with Crippen molar-refractivity contribution in [3.8, 4) is 5.75 Å². The van der Waals surface area contributed by atoms with E-state index in [0.717, 1.165) is 17.8 Å². The van der Waals surface area contributed by atoms with Crippen molar-refractivity contribution in [3.63, 3.8) is 0 Å². The monoisotopic (exact) mass is 369 g/mol. The van der Waals surface area contributed by atoms with Gasteiger partial charge in [0.25, 0.3) is 10.0 Å². The summed E-state index contributed by atoms with van der Waals surface area (Å²) in [6.07, 6.45) is 0.931. The Bertz CT molecular complexity index is 911. The van der Waals surface area contributed by atoms with Gasteiger partial charge in [0.15, 0.2) is 0 Å². The summed E-state index contributed by atoms with van der Waals surface area (Å²) < 4.78 is 24.1. The van der Waals surface area contributed by atoms with Crippen LogP contribution < -0.4 is 4.83 Å². The normalized spacial score (nSPS) is 11.6. The van der Waals surface area contributed by atoms with E-state index in [-0.39, 0.29) is 15.5 Å². The molecular formula is C14H12ClN3O5S. The zero-order chi connectivity index (χ0) is 17.9. The number of hydrogen-bond acceptors (Lipinski definition) is 6. The molecule has 0 fully saturated rings. The molecule has 126 valence electrons. The highest BCUT2D eigenvalue weighted by molar-refractivity contribution is 7.89. The van der Waals surface area contributed by atoms with Crippen molar-refractivity contribution in [2.45, 2.75) is 11.8 Å². The summed E-state index contributed by atoms with van der Waals surface area (Å²) in [5.74, 6) is -0.664.